The summed E-state index contributed by atoms with van der Waals surface area (Å²) in [6.07, 6.45) is 4.88. The van der Waals surface area contributed by atoms with Gasteiger partial charge in [-0.25, -0.2) is 0 Å². The van der Waals surface area contributed by atoms with Crippen LogP contribution in [-0.4, -0.2) is 42.6 Å². The molecule has 1 aliphatic heterocycles. The SMILES string of the molecule is COC(=O)CC1(N)CCN(C2CC2)CC1. The minimum atomic E-state index is -0.321. The molecule has 4 heteroatoms. The van der Waals surface area contributed by atoms with Gasteiger partial charge in [0.1, 0.15) is 0 Å². The second kappa shape index (κ2) is 4.10. The molecule has 0 aromatic carbocycles. The summed E-state index contributed by atoms with van der Waals surface area (Å²) in [5.41, 5.74) is 5.87. The van der Waals surface area contributed by atoms with E-state index >= 15 is 0 Å². The molecule has 0 aromatic heterocycles. The number of methoxy groups -OCH3 is 1. The van der Waals surface area contributed by atoms with Gasteiger partial charge in [-0.05, 0) is 25.7 Å². The molecule has 2 fully saturated rings. The molecule has 15 heavy (non-hydrogen) atoms. The fraction of sp³-hybridized carbons (Fsp3) is 0.909. The molecule has 1 saturated carbocycles. The van der Waals surface area contributed by atoms with Gasteiger partial charge in [-0.3, -0.25) is 4.79 Å². The van der Waals surface area contributed by atoms with Crippen molar-refractivity contribution >= 4 is 5.97 Å². The first-order chi connectivity index (χ1) is 7.13. The third-order valence-electron chi connectivity index (χ3n) is 3.58. The van der Waals surface area contributed by atoms with Gasteiger partial charge in [0.05, 0.1) is 13.5 Å². The molecule has 1 saturated heterocycles. The van der Waals surface area contributed by atoms with E-state index in [9.17, 15) is 4.79 Å². The van der Waals surface area contributed by atoms with E-state index in [4.69, 9.17) is 5.73 Å². The maximum absolute atomic E-state index is 11.2. The number of likely N-dealkylation sites (tertiary alicyclic amines) is 1. The molecular formula is C11H20N2O2. The summed E-state index contributed by atoms with van der Waals surface area (Å²) in [5, 5.41) is 0. The van der Waals surface area contributed by atoms with Crippen LogP contribution in [0, 0.1) is 0 Å². The van der Waals surface area contributed by atoms with Crippen molar-refractivity contribution in [2.45, 2.75) is 43.7 Å². The van der Waals surface area contributed by atoms with Crippen LogP contribution < -0.4 is 5.73 Å². The van der Waals surface area contributed by atoms with Crippen molar-refractivity contribution < 1.29 is 9.53 Å². The smallest absolute Gasteiger partial charge is 0.307 e. The molecule has 2 N–H and O–H groups in total. The van der Waals surface area contributed by atoms with E-state index in [1.165, 1.54) is 20.0 Å². The summed E-state index contributed by atoms with van der Waals surface area (Å²) in [7, 11) is 1.42. The molecule has 0 unspecified atom stereocenters. The zero-order valence-corrected chi connectivity index (χ0v) is 9.37. The Morgan fingerprint density at radius 1 is 1.47 bits per heavy atom. The summed E-state index contributed by atoms with van der Waals surface area (Å²) in [6, 6.07) is 0.813. The lowest BCUT2D eigenvalue weighted by Crippen LogP contribution is -2.52. The van der Waals surface area contributed by atoms with E-state index in [1.807, 2.05) is 0 Å². The highest BCUT2D eigenvalue weighted by Crippen LogP contribution is 2.32. The van der Waals surface area contributed by atoms with Crippen molar-refractivity contribution in [1.82, 2.24) is 4.90 Å². The molecular weight excluding hydrogens is 192 g/mol. The minimum Gasteiger partial charge on any atom is -0.469 e. The van der Waals surface area contributed by atoms with Gasteiger partial charge in [-0.1, -0.05) is 0 Å². The lowest BCUT2D eigenvalue weighted by atomic mass is 9.85. The molecule has 4 nitrogen and oxygen atoms in total. The molecule has 0 aromatic rings. The number of hydrogen-bond donors (Lipinski definition) is 1. The number of rotatable bonds is 3. The lowest BCUT2D eigenvalue weighted by Gasteiger charge is -2.38. The molecule has 86 valence electrons. The molecule has 2 aliphatic rings. The van der Waals surface area contributed by atoms with E-state index in [1.54, 1.807) is 0 Å². The van der Waals surface area contributed by atoms with Gasteiger partial charge in [0, 0.05) is 24.7 Å². The third kappa shape index (κ3) is 2.69. The molecule has 1 heterocycles. The highest BCUT2D eigenvalue weighted by molar-refractivity contribution is 5.70. The zero-order chi connectivity index (χ0) is 10.9. The lowest BCUT2D eigenvalue weighted by molar-refractivity contribution is -0.142. The van der Waals surface area contributed by atoms with Crippen LogP contribution in [0.25, 0.3) is 0 Å². The molecule has 2 rings (SSSR count). The van der Waals surface area contributed by atoms with Crippen LogP contribution in [0.1, 0.15) is 32.1 Å². The average molecular weight is 212 g/mol. The molecule has 0 spiro atoms. The van der Waals surface area contributed by atoms with Crippen LogP contribution >= 0.6 is 0 Å². The summed E-state index contributed by atoms with van der Waals surface area (Å²) >= 11 is 0. The Morgan fingerprint density at radius 2 is 2.07 bits per heavy atom. The van der Waals surface area contributed by atoms with Crippen LogP contribution in [0.3, 0.4) is 0 Å². The molecule has 0 amide bonds. The van der Waals surface area contributed by atoms with Crippen LogP contribution in [-0.2, 0) is 9.53 Å². The van der Waals surface area contributed by atoms with Crippen LogP contribution in [0.4, 0.5) is 0 Å². The first kappa shape index (κ1) is 10.9. The maximum atomic E-state index is 11.2. The number of carbonyl (C=O) groups is 1. The molecule has 0 radical (unpaired) electrons. The van der Waals surface area contributed by atoms with Crippen molar-refractivity contribution in [3.63, 3.8) is 0 Å². The van der Waals surface area contributed by atoms with Gasteiger partial charge in [0.2, 0.25) is 0 Å². The predicted molar refractivity (Wildman–Crippen MR) is 57.4 cm³/mol. The minimum absolute atomic E-state index is 0.183. The number of hydrogen-bond acceptors (Lipinski definition) is 4. The second-order valence-electron chi connectivity index (χ2n) is 4.88. The highest BCUT2D eigenvalue weighted by Gasteiger charge is 2.37. The average Bonchev–Trinajstić information content (AvgIpc) is 3.02. The van der Waals surface area contributed by atoms with E-state index in [0.29, 0.717) is 6.42 Å². The van der Waals surface area contributed by atoms with Crippen molar-refractivity contribution in [2.24, 2.45) is 5.73 Å². The first-order valence-corrected chi connectivity index (χ1v) is 5.73. The van der Waals surface area contributed by atoms with E-state index < -0.39 is 0 Å². The normalized spacial score (nSPS) is 26.3. The fourth-order valence-electron chi connectivity index (χ4n) is 2.31. The van der Waals surface area contributed by atoms with Gasteiger partial charge in [0.15, 0.2) is 0 Å². The number of nitrogens with two attached hydrogens (primary N) is 1. The van der Waals surface area contributed by atoms with Gasteiger partial charge in [-0.2, -0.15) is 0 Å². The van der Waals surface area contributed by atoms with Gasteiger partial charge >= 0.3 is 5.97 Å². The van der Waals surface area contributed by atoms with Crippen LogP contribution in [0.15, 0.2) is 0 Å². The van der Waals surface area contributed by atoms with Crippen molar-refractivity contribution in [3.05, 3.63) is 0 Å². The Kier molecular flexibility index (Phi) is 2.98. The number of esters is 1. The fourth-order valence-corrected chi connectivity index (χ4v) is 2.31. The number of piperidine rings is 1. The summed E-state index contributed by atoms with van der Waals surface area (Å²) in [6.45, 7) is 2.08. The van der Waals surface area contributed by atoms with E-state index in [2.05, 4.69) is 9.64 Å². The molecule has 1 aliphatic carbocycles. The summed E-state index contributed by atoms with van der Waals surface area (Å²) in [4.78, 5) is 13.7. The second-order valence-corrected chi connectivity index (χ2v) is 4.88. The van der Waals surface area contributed by atoms with Gasteiger partial charge < -0.3 is 15.4 Å². The number of ether oxygens (including phenoxy) is 1. The Balaban J connectivity index is 1.81. The Bertz CT molecular complexity index is 243. The summed E-state index contributed by atoms with van der Waals surface area (Å²) < 4.78 is 4.67. The van der Waals surface area contributed by atoms with Crippen LogP contribution in [0.5, 0.6) is 0 Å². The third-order valence-corrected chi connectivity index (χ3v) is 3.58. The van der Waals surface area contributed by atoms with Crippen molar-refractivity contribution in [3.8, 4) is 0 Å². The number of carbonyl (C=O) groups excluding carboxylic acids is 1. The molecule has 0 atom stereocenters. The topological polar surface area (TPSA) is 55.6 Å². The van der Waals surface area contributed by atoms with E-state index in [0.717, 1.165) is 32.0 Å². The Labute approximate surface area is 90.8 Å². The summed E-state index contributed by atoms with van der Waals surface area (Å²) in [5.74, 6) is -0.183. The monoisotopic (exact) mass is 212 g/mol. The Hall–Kier alpha value is -0.610. The van der Waals surface area contributed by atoms with Crippen molar-refractivity contribution in [1.29, 1.82) is 0 Å². The first-order valence-electron chi connectivity index (χ1n) is 5.73. The standard InChI is InChI=1S/C11H20N2O2/c1-15-10(14)8-11(12)4-6-13(7-5-11)9-2-3-9/h9H,2-8,12H2,1H3. The quantitative estimate of drug-likeness (QED) is 0.692. The zero-order valence-electron chi connectivity index (χ0n) is 9.37. The van der Waals surface area contributed by atoms with Gasteiger partial charge in [-0.15, -0.1) is 0 Å². The maximum Gasteiger partial charge on any atom is 0.307 e. The molecule has 0 bridgehead atoms. The largest absolute Gasteiger partial charge is 0.469 e. The Morgan fingerprint density at radius 3 is 2.53 bits per heavy atom. The van der Waals surface area contributed by atoms with Crippen LogP contribution in [0.2, 0.25) is 0 Å². The number of nitrogens with zero attached hydrogens (tertiary/aromatic N) is 1. The predicted octanol–water partition coefficient (Wildman–Crippen LogP) is 0.505. The highest BCUT2D eigenvalue weighted by atomic mass is 16.5. The van der Waals surface area contributed by atoms with Crippen molar-refractivity contribution in [2.75, 3.05) is 20.2 Å². The van der Waals surface area contributed by atoms with Gasteiger partial charge in [0.25, 0.3) is 0 Å². The van der Waals surface area contributed by atoms with E-state index in [-0.39, 0.29) is 11.5 Å².